The molecule has 1 aliphatic rings. The third-order valence-electron chi connectivity index (χ3n) is 5.49. The summed E-state index contributed by atoms with van der Waals surface area (Å²) in [7, 11) is -3.71. The van der Waals surface area contributed by atoms with E-state index in [0.717, 1.165) is 18.6 Å². The number of esters is 1. The summed E-state index contributed by atoms with van der Waals surface area (Å²) < 4.78 is 60.8. The number of carbonyl (C=O) groups is 3. The smallest absolute Gasteiger partial charge is 0.387 e. The second-order valence-electron chi connectivity index (χ2n) is 8.65. The summed E-state index contributed by atoms with van der Waals surface area (Å²) in [5.74, 6) is -2.27. The van der Waals surface area contributed by atoms with Crippen LogP contribution in [0.5, 0.6) is 5.75 Å². The Morgan fingerprint density at radius 2 is 1.53 bits per heavy atom. The van der Waals surface area contributed by atoms with Gasteiger partial charge >= 0.3 is 12.6 Å². The van der Waals surface area contributed by atoms with Crippen LogP contribution < -0.4 is 10.1 Å². The van der Waals surface area contributed by atoms with Gasteiger partial charge in [0.1, 0.15) is 5.75 Å². The molecule has 1 saturated heterocycles. The Morgan fingerprint density at radius 3 is 2.08 bits per heavy atom. The van der Waals surface area contributed by atoms with E-state index in [1.54, 1.807) is 0 Å². The Kier molecular flexibility index (Phi) is 8.75. The Balaban J connectivity index is 1.53. The first-order chi connectivity index (χ1) is 17.0. The van der Waals surface area contributed by atoms with Gasteiger partial charge in [0, 0.05) is 18.7 Å². The molecule has 12 heteroatoms. The minimum absolute atomic E-state index is 0.00517. The monoisotopic (exact) mass is 524 g/mol. The lowest BCUT2D eigenvalue weighted by Crippen LogP contribution is -2.42. The molecule has 3 rings (SSSR count). The molecule has 0 saturated carbocycles. The van der Waals surface area contributed by atoms with Gasteiger partial charge in [-0.05, 0) is 66.8 Å². The minimum Gasteiger partial charge on any atom is -0.452 e. The number of hydrogen-bond donors (Lipinski definition) is 1. The Labute approximate surface area is 207 Å². The molecule has 0 aliphatic carbocycles. The lowest BCUT2D eigenvalue weighted by atomic mass is 9.94. The second-order valence-corrected chi connectivity index (χ2v) is 10.6. The van der Waals surface area contributed by atoms with Gasteiger partial charge < -0.3 is 9.47 Å². The molecule has 1 fully saturated rings. The van der Waals surface area contributed by atoms with Crippen LogP contribution >= 0.6 is 0 Å². The molecule has 1 heterocycles. The molecule has 0 bridgehead atoms. The quantitative estimate of drug-likeness (QED) is 0.527. The van der Waals surface area contributed by atoms with E-state index in [2.05, 4.69) is 4.74 Å². The number of hydrogen-bond acceptors (Lipinski definition) is 7. The molecule has 2 amide bonds. The fourth-order valence-corrected chi connectivity index (χ4v) is 5.63. The average Bonchev–Trinajstić information content (AvgIpc) is 2.82. The van der Waals surface area contributed by atoms with Crippen molar-refractivity contribution in [3.05, 3.63) is 59.7 Å². The van der Waals surface area contributed by atoms with Crippen molar-refractivity contribution in [2.75, 3.05) is 19.7 Å². The number of nitrogens with zero attached hydrogens (tertiary/aromatic N) is 1. The number of imide groups is 1. The Hall–Kier alpha value is -3.38. The van der Waals surface area contributed by atoms with Gasteiger partial charge in [-0.25, -0.2) is 13.2 Å². The maximum atomic E-state index is 12.9. The van der Waals surface area contributed by atoms with Crippen LogP contribution in [0.4, 0.5) is 8.78 Å². The number of ether oxygens (including phenoxy) is 2. The van der Waals surface area contributed by atoms with Crippen LogP contribution in [0.2, 0.25) is 0 Å². The molecule has 2 aromatic carbocycles. The number of sulfonamides is 1. The number of piperidine rings is 1. The van der Waals surface area contributed by atoms with Gasteiger partial charge in [0.05, 0.1) is 10.5 Å². The van der Waals surface area contributed by atoms with Crippen molar-refractivity contribution >= 4 is 27.8 Å². The third-order valence-corrected chi connectivity index (χ3v) is 7.34. The molecule has 2 atom stereocenters. The molecule has 194 valence electrons. The molecule has 0 aromatic heterocycles. The molecule has 36 heavy (non-hydrogen) atoms. The summed E-state index contributed by atoms with van der Waals surface area (Å²) in [6, 6.07) is 9.85. The van der Waals surface area contributed by atoms with Crippen LogP contribution in [-0.4, -0.2) is 56.8 Å². The average molecular weight is 525 g/mol. The number of halogens is 2. The van der Waals surface area contributed by atoms with Crippen molar-refractivity contribution < 1.29 is 41.1 Å². The number of nitrogens with one attached hydrogen (secondary N) is 1. The van der Waals surface area contributed by atoms with Crippen molar-refractivity contribution in [1.29, 1.82) is 0 Å². The SMILES string of the molecule is CC1CC(C)CN(S(=O)(=O)c2ccc(C(=O)OCC(=O)NC(=O)c3ccc(OC(F)F)cc3)cc2)C1. The van der Waals surface area contributed by atoms with E-state index in [9.17, 15) is 31.6 Å². The molecule has 2 aromatic rings. The number of rotatable bonds is 8. The summed E-state index contributed by atoms with van der Waals surface area (Å²) in [5, 5.41) is 2.01. The van der Waals surface area contributed by atoms with Gasteiger partial charge in [0.2, 0.25) is 10.0 Å². The fourth-order valence-electron chi connectivity index (χ4n) is 3.95. The van der Waals surface area contributed by atoms with Crippen LogP contribution in [0.1, 0.15) is 41.0 Å². The van der Waals surface area contributed by atoms with Gasteiger partial charge in [-0.15, -0.1) is 0 Å². The molecular weight excluding hydrogens is 498 g/mol. The highest BCUT2D eigenvalue weighted by Gasteiger charge is 2.31. The van der Waals surface area contributed by atoms with Crippen LogP contribution in [0.15, 0.2) is 53.4 Å². The Bertz CT molecular complexity index is 1190. The van der Waals surface area contributed by atoms with E-state index < -0.39 is 41.0 Å². The summed E-state index contributed by atoms with van der Waals surface area (Å²) in [6.07, 6.45) is 0.957. The summed E-state index contributed by atoms with van der Waals surface area (Å²) >= 11 is 0. The zero-order valence-corrected chi connectivity index (χ0v) is 20.5. The molecule has 1 N–H and O–H groups in total. The van der Waals surface area contributed by atoms with E-state index >= 15 is 0 Å². The standard InChI is InChI=1S/C24H26F2N2O7S/c1-15-11-16(2)13-28(12-15)36(32,33)20-9-5-18(6-10-20)23(31)34-14-21(29)27-22(30)17-3-7-19(8-4-17)35-24(25)26/h3-10,15-16,24H,11-14H2,1-2H3,(H,27,29,30). The molecule has 0 spiro atoms. The largest absolute Gasteiger partial charge is 0.452 e. The van der Waals surface area contributed by atoms with Crippen molar-refractivity contribution in [2.24, 2.45) is 11.8 Å². The summed E-state index contributed by atoms with van der Waals surface area (Å²) in [6.45, 7) is 1.09. The zero-order chi connectivity index (χ0) is 26.5. The number of carbonyl (C=O) groups excluding carboxylic acids is 3. The molecular formula is C24H26F2N2O7S. The third kappa shape index (κ3) is 7.08. The number of alkyl halides is 2. The van der Waals surface area contributed by atoms with E-state index in [0.29, 0.717) is 13.1 Å². The van der Waals surface area contributed by atoms with Gasteiger partial charge in [0.15, 0.2) is 6.61 Å². The maximum absolute atomic E-state index is 12.9. The van der Waals surface area contributed by atoms with Crippen LogP contribution in [0.25, 0.3) is 0 Å². The van der Waals surface area contributed by atoms with Gasteiger partial charge in [-0.3, -0.25) is 14.9 Å². The van der Waals surface area contributed by atoms with E-state index in [-0.39, 0.29) is 33.6 Å². The predicted molar refractivity (Wildman–Crippen MR) is 124 cm³/mol. The number of amides is 2. The first kappa shape index (κ1) is 27.2. The molecule has 2 unspecified atom stereocenters. The predicted octanol–water partition coefficient (Wildman–Crippen LogP) is 3.07. The second kappa shape index (κ2) is 11.6. The highest BCUT2D eigenvalue weighted by Crippen LogP contribution is 2.26. The highest BCUT2D eigenvalue weighted by atomic mass is 32.2. The van der Waals surface area contributed by atoms with Crippen LogP contribution in [0, 0.1) is 11.8 Å². The summed E-state index contributed by atoms with van der Waals surface area (Å²) in [4.78, 5) is 36.4. The number of benzene rings is 2. The lowest BCUT2D eigenvalue weighted by molar-refractivity contribution is -0.123. The van der Waals surface area contributed by atoms with E-state index in [1.807, 2.05) is 19.2 Å². The maximum Gasteiger partial charge on any atom is 0.387 e. The van der Waals surface area contributed by atoms with Gasteiger partial charge in [-0.1, -0.05) is 13.8 Å². The fraction of sp³-hybridized carbons (Fsp3) is 0.375. The summed E-state index contributed by atoms with van der Waals surface area (Å²) in [5.41, 5.74) is 0.0358. The minimum atomic E-state index is -3.71. The Morgan fingerprint density at radius 1 is 0.972 bits per heavy atom. The van der Waals surface area contributed by atoms with E-state index in [1.165, 1.54) is 40.7 Å². The zero-order valence-electron chi connectivity index (χ0n) is 19.6. The normalized spacial score (nSPS) is 18.5. The van der Waals surface area contributed by atoms with Gasteiger partial charge in [-0.2, -0.15) is 13.1 Å². The van der Waals surface area contributed by atoms with Crippen LogP contribution in [-0.2, 0) is 19.6 Å². The van der Waals surface area contributed by atoms with Crippen LogP contribution in [0.3, 0.4) is 0 Å². The van der Waals surface area contributed by atoms with Crippen molar-refractivity contribution in [2.45, 2.75) is 31.8 Å². The van der Waals surface area contributed by atoms with Crippen molar-refractivity contribution in [1.82, 2.24) is 9.62 Å². The van der Waals surface area contributed by atoms with E-state index in [4.69, 9.17) is 4.74 Å². The van der Waals surface area contributed by atoms with Gasteiger partial charge in [0.25, 0.3) is 11.8 Å². The first-order valence-electron chi connectivity index (χ1n) is 11.1. The first-order valence-corrected chi connectivity index (χ1v) is 12.6. The molecule has 0 radical (unpaired) electrons. The molecule has 1 aliphatic heterocycles. The molecule has 9 nitrogen and oxygen atoms in total. The topological polar surface area (TPSA) is 119 Å². The highest BCUT2D eigenvalue weighted by molar-refractivity contribution is 7.89. The van der Waals surface area contributed by atoms with Crippen molar-refractivity contribution in [3.63, 3.8) is 0 Å². The van der Waals surface area contributed by atoms with Crippen molar-refractivity contribution in [3.8, 4) is 5.75 Å². The lowest BCUT2D eigenvalue weighted by Gasteiger charge is -2.34.